The number of carbonyl (C=O) groups is 2. The predicted octanol–water partition coefficient (Wildman–Crippen LogP) is 5.06. The third-order valence-electron chi connectivity index (χ3n) is 4.62. The first-order chi connectivity index (χ1) is 16.9. The van der Waals surface area contributed by atoms with Crippen LogP contribution in [0, 0.1) is 6.92 Å². The molecule has 0 N–H and O–H groups in total. The molecule has 0 unspecified atom stereocenters. The van der Waals surface area contributed by atoms with Gasteiger partial charge in [0, 0.05) is 22.2 Å². The largest absolute Gasteiger partial charge is 0.464 e. The summed E-state index contributed by atoms with van der Waals surface area (Å²) in [7, 11) is 2.67. The zero-order chi connectivity index (χ0) is 25.2. The molecule has 9 heteroatoms. The number of hydrogen-bond donors (Lipinski definition) is 0. The molecule has 0 aliphatic heterocycles. The van der Waals surface area contributed by atoms with Crippen LogP contribution in [0.3, 0.4) is 0 Å². The highest BCUT2D eigenvalue weighted by Crippen LogP contribution is 2.17. The lowest BCUT2D eigenvalue weighted by Crippen LogP contribution is -2.07. The van der Waals surface area contributed by atoms with E-state index in [-0.39, 0.29) is 11.4 Å². The highest BCUT2D eigenvalue weighted by atomic mass is 79.9. The average Bonchev–Trinajstić information content (AvgIpc) is 2.92. The Morgan fingerprint density at radius 3 is 1.63 bits per heavy atom. The summed E-state index contributed by atoms with van der Waals surface area (Å²) in [6.07, 6.45) is 0. The molecule has 178 valence electrons. The summed E-state index contributed by atoms with van der Waals surface area (Å²) < 4.78 is 9.34. The van der Waals surface area contributed by atoms with E-state index in [1.807, 2.05) is 67.6 Å². The number of alkyl halides is 1. The van der Waals surface area contributed by atoms with E-state index in [4.69, 9.17) is 0 Å². The fourth-order valence-corrected chi connectivity index (χ4v) is 3.27. The van der Waals surface area contributed by atoms with Crippen molar-refractivity contribution < 1.29 is 19.1 Å². The highest BCUT2D eigenvalue weighted by molar-refractivity contribution is 9.08. The number of carbonyl (C=O) groups excluding carboxylic acids is 2. The van der Waals surface area contributed by atoms with Crippen molar-refractivity contribution in [1.82, 2.24) is 19.9 Å². The molecule has 2 aromatic heterocycles. The third kappa shape index (κ3) is 7.00. The number of esters is 2. The highest BCUT2D eigenvalue weighted by Gasteiger charge is 2.13. The van der Waals surface area contributed by atoms with Gasteiger partial charge in [0.15, 0.2) is 23.0 Å². The van der Waals surface area contributed by atoms with Crippen LogP contribution in [0.5, 0.6) is 0 Å². The molecule has 0 aliphatic carbocycles. The van der Waals surface area contributed by atoms with Gasteiger partial charge in [0.1, 0.15) is 0 Å². The van der Waals surface area contributed by atoms with Crippen molar-refractivity contribution in [3.8, 4) is 22.8 Å². The smallest absolute Gasteiger partial charge is 0.356 e. The van der Waals surface area contributed by atoms with Crippen LogP contribution in [-0.4, -0.2) is 46.1 Å². The van der Waals surface area contributed by atoms with E-state index in [9.17, 15) is 9.59 Å². The fraction of sp³-hybridized carbons (Fsp3) is 0.154. The van der Waals surface area contributed by atoms with Crippen molar-refractivity contribution in [2.75, 3.05) is 14.2 Å². The maximum absolute atomic E-state index is 11.5. The van der Waals surface area contributed by atoms with E-state index < -0.39 is 11.9 Å². The minimum Gasteiger partial charge on any atom is -0.464 e. The van der Waals surface area contributed by atoms with Crippen LogP contribution in [0.15, 0.2) is 72.8 Å². The zero-order valence-corrected chi connectivity index (χ0v) is 21.0. The van der Waals surface area contributed by atoms with E-state index in [0.717, 1.165) is 22.5 Å². The number of aromatic nitrogens is 4. The van der Waals surface area contributed by atoms with Crippen molar-refractivity contribution in [3.05, 3.63) is 95.6 Å². The Morgan fingerprint density at radius 2 is 1.17 bits per heavy atom. The molecule has 0 fully saturated rings. The molecular formula is C26H23BrN4O4. The molecule has 0 saturated carbocycles. The first-order valence-electron chi connectivity index (χ1n) is 10.5. The second-order valence-corrected chi connectivity index (χ2v) is 7.70. The Bertz CT molecular complexity index is 1300. The lowest BCUT2D eigenvalue weighted by Gasteiger charge is -2.05. The number of nitrogens with zero attached hydrogens (tertiary/aromatic N) is 4. The van der Waals surface area contributed by atoms with Gasteiger partial charge in [-0.3, -0.25) is 0 Å². The first-order valence-corrected chi connectivity index (χ1v) is 11.6. The van der Waals surface area contributed by atoms with E-state index in [1.165, 1.54) is 14.2 Å². The van der Waals surface area contributed by atoms with Crippen molar-refractivity contribution in [3.63, 3.8) is 0 Å². The Labute approximate surface area is 211 Å². The van der Waals surface area contributed by atoms with Gasteiger partial charge in [-0.1, -0.05) is 76.6 Å². The number of ether oxygens (including phenoxy) is 2. The van der Waals surface area contributed by atoms with Crippen LogP contribution >= 0.6 is 15.9 Å². The van der Waals surface area contributed by atoms with Gasteiger partial charge in [-0.2, -0.15) is 0 Å². The summed E-state index contributed by atoms with van der Waals surface area (Å²) in [5.74, 6) is 0.142. The number of methoxy groups -OCH3 is 2. The lowest BCUT2D eigenvalue weighted by atomic mass is 10.2. The second-order valence-electron chi connectivity index (χ2n) is 7.14. The Hall–Kier alpha value is -3.98. The first kappa shape index (κ1) is 25.6. The molecule has 0 amide bonds. The Kier molecular flexibility index (Phi) is 9.14. The van der Waals surface area contributed by atoms with Gasteiger partial charge in [0.25, 0.3) is 0 Å². The SMILES string of the molecule is COC(=O)c1cc(C)nc(-c2ccccc2)n1.COC(=O)c1cc(CBr)nc(-c2ccccc2)n1. The maximum Gasteiger partial charge on any atom is 0.356 e. The minimum absolute atomic E-state index is 0.265. The molecule has 0 radical (unpaired) electrons. The number of halogens is 1. The quantitative estimate of drug-likeness (QED) is 0.258. The van der Waals surface area contributed by atoms with Gasteiger partial charge in [-0.25, -0.2) is 29.5 Å². The van der Waals surface area contributed by atoms with Crippen LogP contribution in [0.1, 0.15) is 32.4 Å². The molecule has 4 rings (SSSR count). The van der Waals surface area contributed by atoms with Gasteiger partial charge < -0.3 is 9.47 Å². The van der Waals surface area contributed by atoms with Gasteiger partial charge in [-0.15, -0.1) is 0 Å². The Balaban J connectivity index is 0.000000196. The average molecular weight is 535 g/mol. The summed E-state index contributed by atoms with van der Waals surface area (Å²) in [5.41, 5.74) is 3.76. The van der Waals surface area contributed by atoms with Crippen LogP contribution in [0.2, 0.25) is 0 Å². The molecular weight excluding hydrogens is 512 g/mol. The van der Waals surface area contributed by atoms with Crippen LogP contribution in [0.25, 0.3) is 22.8 Å². The molecule has 2 aromatic carbocycles. The molecule has 0 atom stereocenters. The van der Waals surface area contributed by atoms with Gasteiger partial charge in [0.2, 0.25) is 0 Å². The van der Waals surface area contributed by atoms with E-state index in [1.54, 1.807) is 12.1 Å². The van der Waals surface area contributed by atoms with E-state index in [2.05, 4.69) is 45.3 Å². The van der Waals surface area contributed by atoms with Crippen LogP contribution in [-0.2, 0) is 14.8 Å². The topological polar surface area (TPSA) is 104 Å². The maximum atomic E-state index is 11.5. The standard InChI is InChI=1S/C13H11BrN2O2.C13H12N2O2/c1-18-13(17)11-7-10(8-14)15-12(16-11)9-5-3-2-4-6-9;1-9-8-11(13(16)17-2)15-12(14-9)10-6-4-3-5-7-10/h2-7H,8H2,1H3;3-8H,1-2H3. The second kappa shape index (κ2) is 12.5. The monoisotopic (exact) mass is 534 g/mol. The van der Waals surface area contributed by atoms with Crippen molar-refractivity contribution in [2.45, 2.75) is 12.3 Å². The summed E-state index contributed by atoms with van der Waals surface area (Å²) in [6.45, 7) is 1.82. The van der Waals surface area contributed by atoms with Gasteiger partial charge in [-0.05, 0) is 19.1 Å². The third-order valence-corrected chi connectivity index (χ3v) is 5.20. The minimum atomic E-state index is -0.461. The van der Waals surface area contributed by atoms with Crippen LogP contribution in [0.4, 0.5) is 0 Å². The van der Waals surface area contributed by atoms with E-state index in [0.29, 0.717) is 17.0 Å². The number of rotatable bonds is 5. The molecule has 4 aromatic rings. The summed E-state index contributed by atoms with van der Waals surface area (Å²) in [5, 5.41) is 0.555. The Morgan fingerprint density at radius 1 is 0.714 bits per heavy atom. The van der Waals surface area contributed by atoms with Crippen molar-refractivity contribution in [2.24, 2.45) is 0 Å². The molecule has 2 heterocycles. The molecule has 0 saturated heterocycles. The van der Waals surface area contributed by atoms with Crippen molar-refractivity contribution in [1.29, 1.82) is 0 Å². The fourth-order valence-electron chi connectivity index (χ4n) is 2.99. The number of hydrogen-bond acceptors (Lipinski definition) is 8. The molecule has 0 aliphatic rings. The number of aryl methyl sites for hydroxylation is 1. The summed E-state index contributed by atoms with van der Waals surface area (Å²) in [4.78, 5) is 40.1. The van der Waals surface area contributed by atoms with Gasteiger partial charge >= 0.3 is 11.9 Å². The molecule has 0 spiro atoms. The van der Waals surface area contributed by atoms with Crippen molar-refractivity contribution >= 4 is 27.9 Å². The summed E-state index contributed by atoms with van der Waals surface area (Å²) in [6, 6.07) is 22.3. The van der Waals surface area contributed by atoms with Crippen LogP contribution < -0.4 is 0 Å². The summed E-state index contributed by atoms with van der Waals surface area (Å²) >= 11 is 3.33. The normalized spacial score (nSPS) is 10.1. The lowest BCUT2D eigenvalue weighted by molar-refractivity contribution is 0.0585. The molecule has 8 nitrogen and oxygen atoms in total. The predicted molar refractivity (Wildman–Crippen MR) is 135 cm³/mol. The van der Waals surface area contributed by atoms with E-state index >= 15 is 0 Å². The molecule has 35 heavy (non-hydrogen) atoms. The molecule has 0 bridgehead atoms. The van der Waals surface area contributed by atoms with Gasteiger partial charge in [0.05, 0.1) is 19.9 Å². The zero-order valence-electron chi connectivity index (χ0n) is 19.4. The number of benzene rings is 2.